The van der Waals surface area contributed by atoms with Gasteiger partial charge >= 0.3 is 0 Å². The quantitative estimate of drug-likeness (QED) is 0.682. The molecule has 1 fully saturated rings. The molecule has 0 aliphatic heterocycles. The molecule has 0 heterocycles. The molecule has 1 aliphatic carbocycles. The van der Waals surface area contributed by atoms with Gasteiger partial charge in [-0.3, -0.25) is 4.79 Å². The van der Waals surface area contributed by atoms with Gasteiger partial charge in [0.2, 0.25) is 0 Å². The molecule has 1 amide bonds. The van der Waals surface area contributed by atoms with Crippen molar-refractivity contribution in [1.29, 1.82) is 0 Å². The van der Waals surface area contributed by atoms with Crippen molar-refractivity contribution < 1.29 is 4.79 Å². The first kappa shape index (κ1) is 17.6. The highest BCUT2D eigenvalue weighted by atomic mass is 35.5. The lowest BCUT2D eigenvalue weighted by molar-refractivity contribution is 0.0921. The topological polar surface area (TPSA) is 29.1 Å². The summed E-state index contributed by atoms with van der Waals surface area (Å²) in [7, 11) is 0. The minimum atomic E-state index is -0.136. The van der Waals surface area contributed by atoms with E-state index in [4.69, 9.17) is 34.8 Å². The van der Waals surface area contributed by atoms with E-state index < -0.39 is 0 Å². The summed E-state index contributed by atoms with van der Waals surface area (Å²) in [6.07, 6.45) is 4.14. The number of carbonyl (C=O) groups is 1. The van der Waals surface area contributed by atoms with Gasteiger partial charge in [-0.15, -0.1) is 0 Å². The molecule has 5 heteroatoms. The van der Waals surface area contributed by atoms with Crippen LogP contribution in [-0.4, -0.2) is 11.9 Å². The summed E-state index contributed by atoms with van der Waals surface area (Å²) in [6.45, 7) is 0. The molecule has 0 spiro atoms. The highest BCUT2D eigenvalue weighted by Crippen LogP contribution is 2.37. The summed E-state index contributed by atoms with van der Waals surface area (Å²) in [6, 6.07) is 12.7. The molecule has 0 saturated heterocycles. The predicted octanol–water partition coefficient (Wildman–Crippen LogP) is 6.10. The zero-order valence-corrected chi connectivity index (χ0v) is 15.3. The van der Waals surface area contributed by atoms with Crippen LogP contribution in [0.15, 0.2) is 42.5 Å². The molecule has 0 radical (unpaired) electrons. The van der Waals surface area contributed by atoms with Gasteiger partial charge in [0.25, 0.3) is 5.91 Å². The summed E-state index contributed by atoms with van der Waals surface area (Å²) in [5.41, 5.74) is 1.55. The third-order valence-electron chi connectivity index (χ3n) is 4.56. The Morgan fingerprint density at radius 2 is 1.71 bits per heavy atom. The summed E-state index contributed by atoms with van der Waals surface area (Å²) in [4.78, 5) is 12.6. The van der Waals surface area contributed by atoms with Crippen LogP contribution in [0.1, 0.15) is 47.5 Å². The molecule has 24 heavy (non-hydrogen) atoms. The van der Waals surface area contributed by atoms with Gasteiger partial charge in [0, 0.05) is 22.0 Å². The molecule has 1 N–H and O–H groups in total. The standard InChI is InChI=1S/C19H18Cl3NO/c20-12-9-10-13(17(22)11-12)14-5-2-4-8-18(14)23-19(24)15-6-1-3-7-16(15)21/h1,3,6-7,9-11,14,18H,2,4-5,8H2,(H,23,24)/t14-,18+/m1/s1. The third-order valence-corrected chi connectivity index (χ3v) is 5.45. The first-order valence-electron chi connectivity index (χ1n) is 8.06. The van der Waals surface area contributed by atoms with Gasteiger partial charge in [-0.2, -0.15) is 0 Å². The van der Waals surface area contributed by atoms with Gasteiger partial charge in [-0.25, -0.2) is 0 Å². The van der Waals surface area contributed by atoms with Crippen molar-refractivity contribution >= 4 is 40.7 Å². The molecule has 126 valence electrons. The number of carbonyl (C=O) groups excluding carboxylic acids is 1. The van der Waals surface area contributed by atoms with Gasteiger partial charge < -0.3 is 5.32 Å². The lowest BCUT2D eigenvalue weighted by atomic mass is 9.80. The molecule has 0 bridgehead atoms. The smallest absolute Gasteiger partial charge is 0.253 e. The summed E-state index contributed by atoms with van der Waals surface area (Å²) in [5.74, 6) is 0.0533. The SMILES string of the molecule is O=C(N[C@H]1CCCC[C@@H]1c1ccc(Cl)cc1Cl)c1ccccc1Cl. The molecule has 0 aromatic heterocycles. The minimum absolute atomic E-state index is 0.0428. The molecule has 3 rings (SSSR count). The molecule has 1 aliphatic rings. The number of halogens is 3. The number of benzene rings is 2. The van der Waals surface area contributed by atoms with E-state index in [2.05, 4.69) is 5.32 Å². The van der Waals surface area contributed by atoms with Gasteiger partial charge in [0.1, 0.15) is 0 Å². The van der Waals surface area contributed by atoms with Crippen LogP contribution >= 0.6 is 34.8 Å². The van der Waals surface area contributed by atoms with Crippen LogP contribution in [0.4, 0.5) is 0 Å². The van der Waals surface area contributed by atoms with Crippen LogP contribution < -0.4 is 5.32 Å². The van der Waals surface area contributed by atoms with Gasteiger partial charge in [-0.05, 0) is 42.7 Å². The third kappa shape index (κ3) is 3.88. The van der Waals surface area contributed by atoms with Crippen LogP contribution in [0.5, 0.6) is 0 Å². The molecular weight excluding hydrogens is 365 g/mol. The Kier molecular flexibility index (Phi) is 5.70. The Hall–Kier alpha value is -1.22. The van der Waals surface area contributed by atoms with Crippen molar-refractivity contribution in [2.45, 2.75) is 37.6 Å². The molecule has 2 atom stereocenters. The Balaban J connectivity index is 1.82. The van der Waals surface area contributed by atoms with E-state index in [-0.39, 0.29) is 17.9 Å². The van der Waals surface area contributed by atoms with Crippen molar-refractivity contribution in [3.63, 3.8) is 0 Å². The fraction of sp³-hybridized carbons (Fsp3) is 0.316. The average molecular weight is 383 g/mol. The van der Waals surface area contributed by atoms with E-state index in [1.807, 2.05) is 24.3 Å². The number of rotatable bonds is 3. The van der Waals surface area contributed by atoms with Crippen LogP contribution in [0.3, 0.4) is 0 Å². The lowest BCUT2D eigenvalue weighted by Gasteiger charge is -2.33. The fourth-order valence-corrected chi connectivity index (χ4v) is 4.14. The first-order chi connectivity index (χ1) is 11.6. The Bertz CT molecular complexity index is 747. The van der Waals surface area contributed by atoms with E-state index >= 15 is 0 Å². The zero-order chi connectivity index (χ0) is 17.1. The van der Waals surface area contributed by atoms with E-state index in [1.165, 1.54) is 0 Å². The largest absolute Gasteiger partial charge is 0.349 e. The molecule has 2 nitrogen and oxygen atoms in total. The Morgan fingerprint density at radius 3 is 2.46 bits per heavy atom. The van der Waals surface area contributed by atoms with E-state index in [9.17, 15) is 4.79 Å². The molecule has 2 aromatic carbocycles. The van der Waals surface area contributed by atoms with Crippen molar-refractivity contribution in [2.24, 2.45) is 0 Å². The Labute approximate surface area is 157 Å². The fourth-order valence-electron chi connectivity index (χ4n) is 3.37. The Morgan fingerprint density at radius 1 is 0.958 bits per heavy atom. The first-order valence-corrected chi connectivity index (χ1v) is 9.20. The highest BCUT2D eigenvalue weighted by molar-refractivity contribution is 6.35. The van der Waals surface area contributed by atoms with E-state index in [0.717, 1.165) is 31.2 Å². The lowest BCUT2D eigenvalue weighted by Crippen LogP contribution is -2.41. The predicted molar refractivity (Wildman–Crippen MR) is 100 cm³/mol. The molecule has 0 unspecified atom stereocenters. The van der Waals surface area contributed by atoms with Crippen molar-refractivity contribution in [1.82, 2.24) is 5.32 Å². The zero-order valence-electron chi connectivity index (χ0n) is 13.1. The number of nitrogens with one attached hydrogen (secondary N) is 1. The van der Waals surface area contributed by atoms with Crippen LogP contribution in [0, 0.1) is 0 Å². The molecular formula is C19H18Cl3NO. The summed E-state index contributed by atoms with van der Waals surface area (Å²) < 4.78 is 0. The van der Waals surface area contributed by atoms with Crippen LogP contribution in [0.2, 0.25) is 15.1 Å². The van der Waals surface area contributed by atoms with Gasteiger partial charge in [0.05, 0.1) is 10.6 Å². The maximum absolute atomic E-state index is 12.6. The van der Waals surface area contributed by atoms with Crippen molar-refractivity contribution in [2.75, 3.05) is 0 Å². The number of hydrogen-bond acceptors (Lipinski definition) is 1. The summed E-state index contributed by atoms with van der Waals surface area (Å²) in [5, 5.41) is 4.90. The number of hydrogen-bond donors (Lipinski definition) is 1. The average Bonchev–Trinajstić information content (AvgIpc) is 2.56. The van der Waals surface area contributed by atoms with Crippen molar-refractivity contribution in [3.05, 3.63) is 68.7 Å². The molecule has 2 aromatic rings. The van der Waals surface area contributed by atoms with Crippen LogP contribution in [0.25, 0.3) is 0 Å². The normalized spacial score (nSPS) is 20.6. The second kappa shape index (κ2) is 7.77. The second-order valence-corrected chi connectivity index (χ2v) is 7.37. The van der Waals surface area contributed by atoms with E-state index in [0.29, 0.717) is 20.6 Å². The maximum Gasteiger partial charge on any atom is 0.253 e. The number of amides is 1. The van der Waals surface area contributed by atoms with Gasteiger partial charge in [-0.1, -0.05) is 65.8 Å². The summed E-state index contributed by atoms with van der Waals surface area (Å²) >= 11 is 18.5. The van der Waals surface area contributed by atoms with E-state index in [1.54, 1.807) is 18.2 Å². The maximum atomic E-state index is 12.6. The highest BCUT2D eigenvalue weighted by Gasteiger charge is 2.29. The monoisotopic (exact) mass is 381 g/mol. The van der Waals surface area contributed by atoms with Gasteiger partial charge in [0.15, 0.2) is 0 Å². The van der Waals surface area contributed by atoms with Crippen LogP contribution in [-0.2, 0) is 0 Å². The molecule has 1 saturated carbocycles. The van der Waals surface area contributed by atoms with Crippen molar-refractivity contribution in [3.8, 4) is 0 Å². The minimum Gasteiger partial charge on any atom is -0.349 e. The second-order valence-electron chi connectivity index (χ2n) is 6.12.